The Balaban J connectivity index is 2.08. The van der Waals surface area contributed by atoms with Gasteiger partial charge in [-0.3, -0.25) is 14.5 Å². The van der Waals surface area contributed by atoms with Gasteiger partial charge in [0.25, 0.3) is 0 Å². The van der Waals surface area contributed by atoms with E-state index in [0.29, 0.717) is 24.3 Å². The smallest absolute Gasteiger partial charge is 0.222 e. The molecule has 2 rings (SSSR count). The molecule has 23 heavy (non-hydrogen) atoms. The van der Waals surface area contributed by atoms with Gasteiger partial charge in [0.2, 0.25) is 5.91 Å². The molecule has 0 aliphatic carbocycles. The van der Waals surface area contributed by atoms with Crippen molar-refractivity contribution in [3.63, 3.8) is 0 Å². The van der Waals surface area contributed by atoms with Gasteiger partial charge in [0.1, 0.15) is 0 Å². The number of benzene rings is 1. The number of hydrogen-bond donors (Lipinski definition) is 2. The third-order valence-electron chi connectivity index (χ3n) is 3.42. The Hall–Kier alpha value is -1.99. The number of methoxy groups -OCH3 is 1. The minimum atomic E-state index is -0.0344. The van der Waals surface area contributed by atoms with Crippen LogP contribution in [0.1, 0.15) is 18.9 Å². The van der Waals surface area contributed by atoms with Crippen LogP contribution in [0.2, 0.25) is 0 Å². The molecule has 6 nitrogen and oxygen atoms in total. The lowest BCUT2D eigenvalue weighted by Crippen LogP contribution is -2.36. The maximum atomic E-state index is 12.0. The van der Waals surface area contributed by atoms with Crippen molar-refractivity contribution >= 4 is 18.1 Å². The third kappa shape index (κ3) is 4.74. The van der Waals surface area contributed by atoms with Gasteiger partial charge in [-0.1, -0.05) is 23.8 Å². The molecule has 0 saturated heterocycles. The average molecular weight is 334 g/mol. The monoisotopic (exact) mass is 334 g/mol. The summed E-state index contributed by atoms with van der Waals surface area (Å²) in [5, 5.41) is 9.98. The van der Waals surface area contributed by atoms with Crippen molar-refractivity contribution in [2.24, 2.45) is 0 Å². The van der Waals surface area contributed by atoms with E-state index in [2.05, 4.69) is 15.5 Å². The van der Waals surface area contributed by atoms with Gasteiger partial charge in [0.05, 0.1) is 6.61 Å². The summed E-state index contributed by atoms with van der Waals surface area (Å²) in [6.07, 6.45) is 0.334. The highest BCUT2D eigenvalue weighted by Gasteiger charge is 2.12. The van der Waals surface area contributed by atoms with Crippen LogP contribution in [-0.2, 0) is 16.1 Å². The molecular weight excluding hydrogens is 312 g/mol. The van der Waals surface area contributed by atoms with E-state index >= 15 is 0 Å². The first-order valence-electron chi connectivity index (χ1n) is 7.52. The van der Waals surface area contributed by atoms with Crippen LogP contribution >= 0.6 is 12.2 Å². The molecule has 124 valence electrons. The first-order valence-corrected chi connectivity index (χ1v) is 7.92. The van der Waals surface area contributed by atoms with Gasteiger partial charge in [-0.05, 0) is 32.1 Å². The number of rotatable bonds is 7. The van der Waals surface area contributed by atoms with Crippen molar-refractivity contribution < 1.29 is 9.53 Å². The molecule has 0 fully saturated rings. The molecular formula is C16H22N4O2S. The average Bonchev–Trinajstić information content (AvgIpc) is 2.86. The number of nitrogens with one attached hydrogen (secondary N) is 2. The number of nitrogens with zero attached hydrogens (tertiary/aromatic N) is 2. The van der Waals surface area contributed by atoms with E-state index in [1.54, 1.807) is 7.11 Å². The molecule has 7 heteroatoms. The molecule has 0 unspecified atom stereocenters. The molecule has 1 atom stereocenters. The van der Waals surface area contributed by atoms with E-state index in [9.17, 15) is 4.79 Å². The summed E-state index contributed by atoms with van der Waals surface area (Å²) >= 11 is 5.28. The lowest BCUT2D eigenvalue weighted by molar-refractivity contribution is -0.122. The molecule has 0 saturated carbocycles. The van der Waals surface area contributed by atoms with E-state index in [1.807, 2.05) is 42.7 Å². The number of carbonyl (C=O) groups is 1. The largest absolute Gasteiger partial charge is 0.383 e. The van der Waals surface area contributed by atoms with E-state index in [1.165, 1.54) is 0 Å². The summed E-state index contributed by atoms with van der Waals surface area (Å²) in [6.45, 7) is 4.90. The van der Waals surface area contributed by atoms with Crippen molar-refractivity contribution in [3.05, 3.63) is 34.6 Å². The van der Waals surface area contributed by atoms with Crippen LogP contribution in [0.5, 0.6) is 0 Å². The third-order valence-corrected chi connectivity index (χ3v) is 3.73. The minimum Gasteiger partial charge on any atom is -0.383 e. The van der Waals surface area contributed by atoms with Crippen molar-refractivity contribution in [2.75, 3.05) is 13.7 Å². The van der Waals surface area contributed by atoms with Crippen LogP contribution in [-0.4, -0.2) is 40.4 Å². The van der Waals surface area contributed by atoms with E-state index in [0.717, 1.165) is 17.0 Å². The van der Waals surface area contributed by atoms with Crippen LogP contribution in [0, 0.1) is 11.7 Å². The number of aromatic amines is 1. The lowest BCUT2D eigenvalue weighted by Gasteiger charge is -2.13. The summed E-state index contributed by atoms with van der Waals surface area (Å²) < 4.78 is 7.38. The van der Waals surface area contributed by atoms with Crippen LogP contribution in [0.4, 0.5) is 0 Å². The number of H-pyrrole nitrogens is 1. The zero-order valence-electron chi connectivity index (χ0n) is 13.6. The van der Waals surface area contributed by atoms with Crippen molar-refractivity contribution in [3.8, 4) is 11.4 Å². The second kappa shape index (κ2) is 8.03. The number of amides is 1. The maximum Gasteiger partial charge on any atom is 0.222 e. The first kappa shape index (κ1) is 17.4. The molecule has 1 heterocycles. The molecule has 0 aliphatic heterocycles. The van der Waals surface area contributed by atoms with Gasteiger partial charge < -0.3 is 10.1 Å². The molecule has 1 amide bonds. The molecule has 0 bridgehead atoms. The number of carbonyl (C=O) groups excluding carboxylic acids is 1. The van der Waals surface area contributed by atoms with Crippen LogP contribution < -0.4 is 5.32 Å². The van der Waals surface area contributed by atoms with E-state index < -0.39 is 0 Å². The minimum absolute atomic E-state index is 0.0129. The normalized spacial score (nSPS) is 12.1. The Kier molecular flexibility index (Phi) is 6.06. The highest BCUT2D eigenvalue weighted by molar-refractivity contribution is 7.71. The second-order valence-electron chi connectivity index (χ2n) is 5.55. The predicted molar refractivity (Wildman–Crippen MR) is 91.7 cm³/mol. The SMILES string of the molecule is COC[C@H](C)NC(=O)CCn1c(-c2cccc(C)c2)n[nH]c1=S. The zero-order chi connectivity index (χ0) is 16.8. The van der Waals surface area contributed by atoms with Gasteiger partial charge >= 0.3 is 0 Å². The topological polar surface area (TPSA) is 71.9 Å². The molecule has 1 aromatic heterocycles. The molecule has 0 radical (unpaired) electrons. The Morgan fingerprint density at radius 1 is 1.52 bits per heavy atom. The van der Waals surface area contributed by atoms with Gasteiger partial charge in [0.15, 0.2) is 10.6 Å². The summed E-state index contributed by atoms with van der Waals surface area (Å²) in [4.78, 5) is 12.0. The zero-order valence-corrected chi connectivity index (χ0v) is 14.4. The summed E-state index contributed by atoms with van der Waals surface area (Å²) in [7, 11) is 1.61. The number of ether oxygens (including phenoxy) is 1. The number of aryl methyl sites for hydroxylation is 1. The fourth-order valence-electron chi connectivity index (χ4n) is 2.38. The quantitative estimate of drug-likeness (QED) is 0.763. The van der Waals surface area contributed by atoms with Crippen molar-refractivity contribution in [1.82, 2.24) is 20.1 Å². The Labute approximate surface area is 140 Å². The Morgan fingerprint density at radius 2 is 2.30 bits per heavy atom. The second-order valence-corrected chi connectivity index (χ2v) is 5.93. The Bertz CT molecular complexity index is 723. The number of hydrogen-bond acceptors (Lipinski definition) is 4. The summed E-state index contributed by atoms with van der Waals surface area (Å²) in [5.74, 6) is 0.712. The van der Waals surface area contributed by atoms with Crippen molar-refractivity contribution in [1.29, 1.82) is 0 Å². The van der Waals surface area contributed by atoms with Crippen LogP contribution in [0.25, 0.3) is 11.4 Å². The fraction of sp³-hybridized carbons (Fsp3) is 0.438. The predicted octanol–water partition coefficient (Wildman–Crippen LogP) is 2.46. The number of aromatic nitrogens is 3. The molecule has 0 spiro atoms. The highest BCUT2D eigenvalue weighted by atomic mass is 32.1. The first-order chi connectivity index (χ1) is 11.0. The summed E-state index contributed by atoms with van der Waals surface area (Å²) in [6, 6.07) is 8.02. The molecule has 1 aromatic carbocycles. The van der Waals surface area contributed by atoms with Crippen LogP contribution in [0.3, 0.4) is 0 Å². The molecule has 2 aromatic rings. The van der Waals surface area contributed by atoms with Gasteiger partial charge in [-0.25, -0.2) is 0 Å². The molecule has 0 aliphatic rings. The highest BCUT2D eigenvalue weighted by Crippen LogP contribution is 2.18. The van der Waals surface area contributed by atoms with Gasteiger partial charge in [0, 0.05) is 31.7 Å². The van der Waals surface area contributed by atoms with Crippen LogP contribution in [0.15, 0.2) is 24.3 Å². The molecule has 2 N–H and O–H groups in total. The fourth-order valence-corrected chi connectivity index (χ4v) is 2.61. The Morgan fingerprint density at radius 3 is 3.00 bits per heavy atom. The lowest BCUT2D eigenvalue weighted by atomic mass is 10.1. The van der Waals surface area contributed by atoms with Gasteiger partial charge in [-0.2, -0.15) is 5.10 Å². The standard InChI is InChI=1S/C16H22N4O2S/c1-11-5-4-6-13(9-11)15-18-19-16(23)20(15)8-7-14(21)17-12(2)10-22-3/h4-6,9,12H,7-8,10H2,1-3H3,(H,17,21)(H,19,23)/t12-/m0/s1. The van der Waals surface area contributed by atoms with E-state index in [4.69, 9.17) is 17.0 Å². The summed E-state index contributed by atoms with van der Waals surface area (Å²) in [5.41, 5.74) is 2.12. The van der Waals surface area contributed by atoms with E-state index in [-0.39, 0.29) is 11.9 Å². The van der Waals surface area contributed by atoms with Gasteiger partial charge in [-0.15, -0.1) is 0 Å². The van der Waals surface area contributed by atoms with Crippen molar-refractivity contribution in [2.45, 2.75) is 32.9 Å². The maximum absolute atomic E-state index is 12.0.